The van der Waals surface area contributed by atoms with Crippen LogP contribution in [0.4, 0.5) is 5.82 Å². The summed E-state index contributed by atoms with van der Waals surface area (Å²) in [5, 5.41) is 0. The lowest BCUT2D eigenvalue weighted by Gasteiger charge is -2.38. The predicted octanol–water partition coefficient (Wildman–Crippen LogP) is 2.88. The minimum atomic E-state index is -0.333. The van der Waals surface area contributed by atoms with Crippen molar-refractivity contribution >= 4 is 21.7 Å². The molecule has 4 nitrogen and oxygen atoms in total. The summed E-state index contributed by atoms with van der Waals surface area (Å²) in [6, 6.07) is 2.13. The van der Waals surface area contributed by atoms with Gasteiger partial charge in [0, 0.05) is 36.6 Å². The Morgan fingerprint density at radius 3 is 2.74 bits per heavy atom. The lowest BCUT2D eigenvalue weighted by molar-refractivity contribution is -0.178. The van der Waals surface area contributed by atoms with Crippen LogP contribution in [0.3, 0.4) is 0 Å². The van der Waals surface area contributed by atoms with Crippen molar-refractivity contribution in [1.82, 2.24) is 4.98 Å². The van der Waals surface area contributed by atoms with Crippen LogP contribution in [0.25, 0.3) is 0 Å². The lowest BCUT2D eigenvalue weighted by atomic mass is 10.0. The van der Waals surface area contributed by atoms with E-state index < -0.39 is 0 Å². The maximum absolute atomic E-state index is 5.94. The largest absolute Gasteiger partial charge is 0.356 e. The van der Waals surface area contributed by atoms with E-state index in [0.717, 1.165) is 42.8 Å². The van der Waals surface area contributed by atoms with Crippen LogP contribution in [0.2, 0.25) is 0 Å². The summed E-state index contributed by atoms with van der Waals surface area (Å²) >= 11 is 3.49. The van der Waals surface area contributed by atoms with Crippen molar-refractivity contribution in [2.24, 2.45) is 0 Å². The van der Waals surface area contributed by atoms with E-state index in [1.54, 1.807) is 0 Å². The lowest BCUT2D eigenvalue weighted by Crippen LogP contribution is -2.45. The highest BCUT2D eigenvalue weighted by Gasteiger charge is 2.42. The Morgan fingerprint density at radius 2 is 2.16 bits per heavy atom. The smallest absolute Gasteiger partial charge is 0.172 e. The Kier molecular flexibility index (Phi) is 3.53. The van der Waals surface area contributed by atoms with E-state index in [9.17, 15) is 0 Å². The van der Waals surface area contributed by atoms with Gasteiger partial charge in [-0.25, -0.2) is 4.98 Å². The highest BCUT2D eigenvalue weighted by Crippen LogP contribution is 2.35. The first-order valence-corrected chi connectivity index (χ1v) is 7.56. The molecule has 0 aliphatic carbocycles. The Hall–Kier alpha value is -0.650. The number of piperidine rings is 1. The average Bonchev–Trinajstić information content (AvgIpc) is 2.75. The number of nitrogens with zero attached hydrogens (tertiary/aromatic N) is 2. The minimum absolute atomic E-state index is 0.222. The number of pyridine rings is 1. The molecule has 0 bridgehead atoms. The van der Waals surface area contributed by atoms with Gasteiger partial charge in [0.25, 0.3) is 0 Å². The summed E-state index contributed by atoms with van der Waals surface area (Å²) < 4.78 is 12.8. The second kappa shape index (κ2) is 5.04. The first-order valence-electron chi connectivity index (χ1n) is 6.77. The molecule has 2 aliphatic heterocycles. The Balaban J connectivity index is 1.68. The fraction of sp³-hybridized carbons (Fsp3) is 0.643. The van der Waals surface area contributed by atoms with Crippen LogP contribution in [0.15, 0.2) is 16.7 Å². The van der Waals surface area contributed by atoms with Crippen LogP contribution < -0.4 is 4.90 Å². The first kappa shape index (κ1) is 13.3. The minimum Gasteiger partial charge on any atom is -0.356 e. The number of rotatable bonds is 1. The van der Waals surface area contributed by atoms with E-state index in [2.05, 4.69) is 45.7 Å². The molecule has 0 N–H and O–H groups in total. The van der Waals surface area contributed by atoms with Crippen LogP contribution in [0.5, 0.6) is 0 Å². The summed E-state index contributed by atoms with van der Waals surface area (Å²) in [6.45, 7) is 6.74. The molecule has 2 aliphatic rings. The molecular formula is C14H19BrN2O2. The molecule has 1 atom stereocenters. The van der Waals surface area contributed by atoms with E-state index in [1.807, 2.05) is 6.20 Å². The number of anilines is 1. The highest BCUT2D eigenvalue weighted by molar-refractivity contribution is 9.10. The molecule has 0 amide bonds. The van der Waals surface area contributed by atoms with Crippen LogP contribution in [0.1, 0.15) is 25.3 Å². The molecule has 19 heavy (non-hydrogen) atoms. The van der Waals surface area contributed by atoms with Gasteiger partial charge in [-0.05, 0) is 41.4 Å². The molecule has 1 spiro atoms. The molecule has 2 fully saturated rings. The second-order valence-electron chi connectivity index (χ2n) is 5.43. The van der Waals surface area contributed by atoms with Gasteiger partial charge < -0.3 is 14.4 Å². The molecular weight excluding hydrogens is 308 g/mol. The van der Waals surface area contributed by atoms with E-state index in [0.29, 0.717) is 0 Å². The molecule has 0 radical (unpaired) electrons. The number of ether oxygens (including phenoxy) is 2. The van der Waals surface area contributed by atoms with Crippen molar-refractivity contribution in [2.45, 2.75) is 38.6 Å². The van der Waals surface area contributed by atoms with Gasteiger partial charge in [0.1, 0.15) is 5.82 Å². The van der Waals surface area contributed by atoms with Crippen molar-refractivity contribution in [1.29, 1.82) is 0 Å². The molecule has 3 heterocycles. The van der Waals surface area contributed by atoms with Gasteiger partial charge in [0.15, 0.2) is 5.79 Å². The molecule has 1 aromatic heterocycles. The Morgan fingerprint density at radius 1 is 1.42 bits per heavy atom. The quantitative estimate of drug-likeness (QED) is 0.794. The zero-order chi connectivity index (χ0) is 13.5. The number of aryl methyl sites for hydroxylation is 1. The third-order valence-electron chi connectivity index (χ3n) is 3.88. The van der Waals surface area contributed by atoms with Crippen molar-refractivity contribution in [2.75, 3.05) is 24.6 Å². The fourth-order valence-corrected chi connectivity index (χ4v) is 2.96. The standard InChI is InChI=1S/C14H19BrN2O2/c1-10-7-13(16-8-12(10)15)17-5-3-14(4-6-17)18-9-11(2)19-14/h7-8,11H,3-6,9H2,1-2H3. The molecule has 0 saturated carbocycles. The van der Waals surface area contributed by atoms with Gasteiger partial charge in [-0.1, -0.05) is 0 Å². The summed E-state index contributed by atoms with van der Waals surface area (Å²) in [5.74, 6) is 0.710. The van der Waals surface area contributed by atoms with Crippen molar-refractivity contribution in [3.05, 3.63) is 22.3 Å². The van der Waals surface area contributed by atoms with Crippen molar-refractivity contribution in [3.8, 4) is 0 Å². The number of aromatic nitrogens is 1. The monoisotopic (exact) mass is 326 g/mol. The van der Waals surface area contributed by atoms with E-state index in [1.165, 1.54) is 5.56 Å². The number of hydrogen-bond acceptors (Lipinski definition) is 4. The van der Waals surface area contributed by atoms with Gasteiger partial charge in [0.05, 0.1) is 12.7 Å². The number of halogens is 1. The Labute approximate surface area is 122 Å². The van der Waals surface area contributed by atoms with Crippen LogP contribution >= 0.6 is 15.9 Å². The molecule has 1 unspecified atom stereocenters. The Bertz CT molecular complexity index is 473. The SMILES string of the molecule is Cc1cc(N2CCC3(CC2)OCC(C)O3)ncc1Br. The van der Waals surface area contributed by atoms with Crippen molar-refractivity contribution < 1.29 is 9.47 Å². The second-order valence-corrected chi connectivity index (χ2v) is 6.28. The maximum Gasteiger partial charge on any atom is 0.172 e. The molecule has 2 saturated heterocycles. The molecule has 5 heteroatoms. The van der Waals surface area contributed by atoms with Gasteiger partial charge in [-0.3, -0.25) is 0 Å². The molecule has 3 rings (SSSR count). The van der Waals surface area contributed by atoms with E-state index in [4.69, 9.17) is 9.47 Å². The summed E-state index contributed by atoms with van der Waals surface area (Å²) in [7, 11) is 0. The average molecular weight is 327 g/mol. The van der Waals surface area contributed by atoms with Gasteiger partial charge in [0.2, 0.25) is 0 Å². The first-order chi connectivity index (χ1) is 9.08. The summed E-state index contributed by atoms with van der Waals surface area (Å²) in [6.07, 6.45) is 3.92. The predicted molar refractivity (Wildman–Crippen MR) is 77.4 cm³/mol. The van der Waals surface area contributed by atoms with Crippen LogP contribution in [-0.4, -0.2) is 36.6 Å². The summed E-state index contributed by atoms with van der Waals surface area (Å²) in [4.78, 5) is 6.80. The normalized spacial score (nSPS) is 26.1. The van der Waals surface area contributed by atoms with Crippen molar-refractivity contribution in [3.63, 3.8) is 0 Å². The van der Waals surface area contributed by atoms with Crippen LogP contribution in [0, 0.1) is 6.92 Å². The third-order valence-corrected chi connectivity index (χ3v) is 4.71. The van der Waals surface area contributed by atoms with E-state index >= 15 is 0 Å². The van der Waals surface area contributed by atoms with Gasteiger partial charge >= 0.3 is 0 Å². The van der Waals surface area contributed by atoms with Crippen LogP contribution in [-0.2, 0) is 9.47 Å². The molecule has 0 aromatic carbocycles. The zero-order valence-electron chi connectivity index (χ0n) is 11.4. The van der Waals surface area contributed by atoms with Gasteiger partial charge in [-0.15, -0.1) is 0 Å². The highest BCUT2D eigenvalue weighted by atomic mass is 79.9. The van der Waals surface area contributed by atoms with Gasteiger partial charge in [-0.2, -0.15) is 0 Å². The summed E-state index contributed by atoms with van der Waals surface area (Å²) in [5.41, 5.74) is 1.22. The van der Waals surface area contributed by atoms with E-state index in [-0.39, 0.29) is 11.9 Å². The maximum atomic E-state index is 5.94. The fourth-order valence-electron chi connectivity index (χ4n) is 2.74. The zero-order valence-corrected chi connectivity index (χ0v) is 12.9. The topological polar surface area (TPSA) is 34.6 Å². The number of hydrogen-bond donors (Lipinski definition) is 0. The third kappa shape index (κ3) is 2.64. The molecule has 1 aromatic rings. The molecule has 104 valence electrons.